The standard InChI is InChI=1S/C20H26F3N5O/c21-20(22,23)10-28-16-8-11(13-2-1-7-24-18(13)26-12-4-5-12)3-6-14(16)17-15(19(28)29)9-25-27-17/h1-2,7,11-12,14-17,25,27H,3-6,8-10H2,(H,24,26). The monoisotopic (exact) mass is 409 g/mol. The SMILES string of the molecule is O=C1C2CNNC2C2CCC(c3cccnc3NC3CC3)CC2N1CC(F)(F)F. The summed E-state index contributed by atoms with van der Waals surface area (Å²) in [7, 11) is 0. The number of hydrogen-bond acceptors (Lipinski definition) is 5. The van der Waals surface area contributed by atoms with Crippen molar-refractivity contribution in [3.63, 3.8) is 0 Å². The van der Waals surface area contributed by atoms with Crippen LogP contribution in [0.4, 0.5) is 19.0 Å². The second kappa shape index (κ2) is 7.12. The van der Waals surface area contributed by atoms with Crippen molar-refractivity contribution in [2.24, 2.45) is 11.8 Å². The molecule has 2 aliphatic carbocycles. The zero-order chi connectivity index (χ0) is 20.2. The molecule has 2 saturated heterocycles. The Morgan fingerprint density at radius 3 is 2.83 bits per heavy atom. The number of carbonyl (C=O) groups is 1. The minimum atomic E-state index is -4.40. The molecule has 6 nitrogen and oxygen atoms in total. The van der Waals surface area contributed by atoms with E-state index < -0.39 is 24.7 Å². The average molecular weight is 409 g/mol. The van der Waals surface area contributed by atoms with Gasteiger partial charge in [-0.3, -0.25) is 15.6 Å². The molecule has 0 radical (unpaired) electrons. The van der Waals surface area contributed by atoms with Crippen LogP contribution in [0.5, 0.6) is 0 Å². The van der Waals surface area contributed by atoms with Gasteiger partial charge in [0.2, 0.25) is 5.91 Å². The number of alkyl halides is 3. The third-order valence-electron chi connectivity index (χ3n) is 6.90. The number of amides is 1. The Morgan fingerprint density at radius 1 is 1.24 bits per heavy atom. The van der Waals surface area contributed by atoms with E-state index in [1.165, 1.54) is 0 Å². The van der Waals surface area contributed by atoms with Gasteiger partial charge in [-0.2, -0.15) is 13.2 Å². The molecule has 158 valence electrons. The van der Waals surface area contributed by atoms with Gasteiger partial charge in [0.05, 0.1) is 5.92 Å². The number of aromatic nitrogens is 1. The summed E-state index contributed by atoms with van der Waals surface area (Å²) in [6.45, 7) is -0.772. The zero-order valence-corrected chi connectivity index (χ0v) is 16.1. The number of rotatable bonds is 4. The summed E-state index contributed by atoms with van der Waals surface area (Å²) in [6, 6.07) is 3.87. The third kappa shape index (κ3) is 3.70. The Bertz CT molecular complexity index is 784. The van der Waals surface area contributed by atoms with Crippen molar-refractivity contribution in [3.05, 3.63) is 23.9 Å². The largest absolute Gasteiger partial charge is 0.406 e. The van der Waals surface area contributed by atoms with E-state index in [-0.39, 0.29) is 23.8 Å². The molecule has 29 heavy (non-hydrogen) atoms. The second-order valence-corrected chi connectivity index (χ2v) is 8.84. The summed E-state index contributed by atoms with van der Waals surface area (Å²) in [5.74, 6) is 0.180. The minimum absolute atomic E-state index is 0.0304. The maximum absolute atomic E-state index is 13.3. The van der Waals surface area contributed by atoms with Crippen molar-refractivity contribution in [2.45, 2.75) is 62.3 Å². The van der Waals surface area contributed by atoms with E-state index in [0.717, 1.165) is 42.0 Å². The lowest BCUT2D eigenvalue weighted by Crippen LogP contribution is -2.63. The van der Waals surface area contributed by atoms with Gasteiger partial charge in [0.1, 0.15) is 12.4 Å². The first-order valence-corrected chi connectivity index (χ1v) is 10.5. The van der Waals surface area contributed by atoms with Gasteiger partial charge in [0, 0.05) is 30.9 Å². The Kier molecular flexibility index (Phi) is 4.70. The predicted molar refractivity (Wildman–Crippen MR) is 101 cm³/mol. The van der Waals surface area contributed by atoms with E-state index in [9.17, 15) is 18.0 Å². The van der Waals surface area contributed by atoms with E-state index in [0.29, 0.717) is 19.0 Å². The first-order valence-electron chi connectivity index (χ1n) is 10.5. The Labute approximate surface area is 167 Å². The van der Waals surface area contributed by atoms with Gasteiger partial charge in [0.25, 0.3) is 0 Å². The summed E-state index contributed by atoms with van der Waals surface area (Å²) in [6.07, 6.45) is 1.84. The molecule has 5 atom stereocenters. The summed E-state index contributed by atoms with van der Waals surface area (Å²) < 4.78 is 39.9. The van der Waals surface area contributed by atoms with Gasteiger partial charge in [-0.05, 0) is 55.6 Å². The molecule has 3 N–H and O–H groups in total. The maximum Gasteiger partial charge on any atom is 0.406 e. The van der Waals surface area contributed by atoms with Crippen LogP contribution < -0.4 is 16.2 Å². The van der Waals surface area contributed by atoms with Gasteiger partial charge in [-0.1, -0.05) is 6.07 Å². The quantitative estimate of drug-likeness (QED) is 0.713. The van der Waals surface area contributed by atoms with Crippen molar-refractivity contribution >= 4 is 11.7 Å². The molecule has 1 amide bonds. The molecule has 9 heteroatoms. The maximum atomic E-state index is 13.3. The molecule has 2 aliphatic heterocycles. The van der Waals surface area contributed by atoms with Crippen LogP contribution in [-0.4, -0.2) is 53.2 Å². The van der Waals surface area contributed by atoms with Gasteiger partial charge in [0.15, 0.2) is 0 Å². The third-order valence-corrected chi connectivity index (χ3v) is 6.90. The number of hydrazine groups is 1. The minimum Gasteiger partial charge on any atom is -0.367 e. The van der Waals surface area contributed by atoms with Gasteiger partial charge in [-0.15, -0.1) is 0 Å². The number of hydrogen-bond donors (Lipinski definition) is 3. The van der Waals surface area contributed by atoms with Crippen LogP contribution in [0.3, 0.4) is 0 Å². The van der Waals surface area contributed by atoms with Crippen molar-refractivity contribution in [1.82, 2.24) is 20.7 Å². The molecule has 0 aromatic carbocycles. The molecule has 1 aromatic rings. The van der Waals surface area contributed by atoms with Crippen LogP contribution in [-0.2, 0) is 4.79 Å². The predicted octanol–water partition coefficient (Wildman–Crippen LogP) is 2.41. The lowest BCUT2D eigenvalue weighted by atomic mass is 9.67. The first kappa shape index (κ1) is 19.1. The van der Waals surface area contributed by atoms with Crippen LogP contribution in [0.2, 0.25) is 0 Å². The molecule has 4 aliphatic rings. The van der Waals surface area contributed by atoms with E-state index in [4.69, 9.17) is 0 Å². The van der Waals surface area contributed by atoms with Crippen LogP contribution in [0, 0.1) is 11.8 Å². The van der Waals surface area contributed by atoms with Crippen molar-refractivity contribution in [1.29, 1.82) is 0 Å². The highest BCUT2D eigenvalue weighted by molar-refractivity contribution is 5.82. The fourth-order valence-corrected chi connectivity index (χ4v) is 5.44. The Balaban J connectivity index is 1.42. The van der Waals surface area contributed by atoms with E-state index in [1.54, 1.807) is 6.20 Å². The number of carbonyl (C=O) groups excluding carboxylic acids is 1. The van der Waals surface area contributed by atoms with Crippen molar-refractivity contribution in [3.8, 4) is 0 Å². The number of fused-ring (bicyclic) bond motifs is 3. The number of halogens is 3. The first-order chi connectivity index (χ1) is 13.9. The molecule has 3 heterocycles. The van der Waals surface area contributed by atoms with E-state index >= 15 is 0 Å². The molecular formula is C20H26F3N5O. The molecule has 2 saturated carbocycles. The van der Waals surface area contributed by atoms with E-state index in [1.807, 2.05) is 12.1 Å². The number of likely N-dealkylation sites (tertiary alicyclic amines) is 1. The molecule has 5 rings (SSSR count). The second-order valence-electron chi connectivity index (χ2n) is 8.84. The van der Waals surface area contributed by atoms with E-state index in [2.05, 4.69) is 21.2 Å². The normalized spacial score (nSPS) is 34.7. The topological polar surface area (TPSA) is 69.3 Å². The molecular weight excluding hydrogens is 383 g/mol. The van der Waals surface area contributed by atoms with Crippen LogP contribution in [0.15, 0.2) is 18.3 Å². The van der Waals surface area contributed by atoms with Gasteiger partial charge < -0.3 is 10.2 Å². The zero-order valence-electron chi connectivity index (χ0n) is 16.1. The fourth-order valence-electron chi connectivity index (χ4n) is 5.44. The Morgan fingerprint density at radius 2 is 2.07 bits per heavy atom. The van der Waals surface area contributed by atoms with Gasteiger partial charge in [-0.25, -0.2) is 4.98 Å². The highest BCUT2D eigenvalue weighted by atomic mass is 19.4. The molecule has 1 aromatic heterocycles. The van der Waals surface area contributed by atoms with Crippen LogP contribution in [0.25, 0.3) is 0 Å². The average Bonchev–Trinajstić information content (AvgIpc) is 3.36. The van der Waals surface area contributed by atoms with Crippen LogP contribution >= 0.6 is 0 Å². The number of piperidine rings is 1. The molecule has 5 unspecified atom stereocenters. The molecule has 0 spiro atoms. The number of nitrogens with zero attached hydrogens (tertiary/aromatic N) is 2. The molecule has 4 fully saturated rings. The molecule has 0 bridgehead atoms. The smallest absolute Gasteiger partial charge is 0.367 e. The summed E-state index contributed by atoms with van der Waals surface area (Å²) in [5.41, 5.74) is 7.23. The Hall–Kier alpha value is -1.87. The number of pyridine rings is 1. The highest BCUT2D eigenvalue weighted by Crippen LogP contribution is 2.46. The number of nitrogens with one attached hydrogen (secondary N) is 3. The lowest BCUT2D eigenvalue weighted by molar-refractivity contribution is -0.178. The highest BCUT2D eigenvalue weighted by Gasteiger charge is 2.54. The number of anilines is 1. The fraction of sp³-hybridized carbons (Fsp3) is 0.700. The summed E-state index contributed by atoms with van der Waals surface area (Å²) in [4.78, 5) is 18.5. The van der Waals surface area contributed by atoms with Crippen LogP contribution in [0.1, 0.15) is 43.6 Å². The van der Waals surface area contributed by atoms with Crippen molar-refractivity contribution < 1.29 is 18.0 Å². The lowest BCUT2D eigenvalue weighted by Gasteiger charge is -2.50. The van der Waals surface area contributed by atoms with Gasteiger partial charge >= 0.3 is 6.18 Å². The summed E-state index contributed by atoms with van der Waals surface area (Å²) in [5, 5.41) is 3.46. The van der Waals surface area contributed by atoms with Crippen molar-refractivity contribution in [2.75, 3.05) is 18.4 Å². The summed E-state index contributed by atoms with van der Waals surface area (Å²) >= 11 is 0.